The third-order valence-corrected chi connectivity index (χ3v) is 6.93. The SMILES string of the molecule is O=C(CC12CC3CC(CC(C3)C1)C2)Nc1ccc(Nc2ccccc2)cc1. The molecule has 0 atom stereocenters. The molecule has 6 rings (SSSR count). The summed E-state index contributed by atoms with van der Waals surface area (Å²) in [5.41, 5.74) is 3.29. The van der Waals surface area contributed by atoms with Crippen LogP contribution in [0, 0.1) is 23.2 Å². The Labute approximate surface area is 161 Å². The summed E-state index contributed by atoms with van der Waals surface area (Å²) < 4.78 is 0. The standard InChI is InChI=1S/C24H28N2O/c27-23(16-24-13-17-10-18(14-24)12-19(11-17)15-24)26-22-8-6-21(7-9-22)25-20-4-2-1-3-5-20/h1-9,17-19,25H,10-16H2,(H,26,27). The lowest BCUT2D eigenvalue weighted by Gasteiger charge is -2.56. The summed E-state index contributed by atoms with van der Waals surface area (Å²) in [5.74, 6) is 2.88. The van der Waals surface area contributed by atoms with Gasteiger partial charge in [-0.05, 0) is 98.1 Å². The Morgan fingerprint density at radius 3 is 1.89 bits per heavy atom. The molecular formula is C24H28N2O. The second-order valence-corrected chi connectivity index (χ2v) is 9.21. The van der Waals surface area contributed by atoms with Gasteiger partial charge in [0, 0.05) is 23.5 Å². The Balaban J connectivity index is 1.20. The van der Waals surface area contributed by atoms with Gasteiger partial charge in [-0.15, -0.1) is 0 Å². The highest BCUT2D eigenvalue weighted by Gasteiger charge is 2.51. The maximum atomic E-state index is 12.7. The summed E-state index contributed by atoms with van der Waals surface area (Å²) in [7, 11) is 0. The lowest BCUT2D eigenvalue weighted by molar-refractivity contribution is -0.124. The van der Waals surface area contributed by atoms with Gasteiger partial charge in [-0.2, -0.15) is 0 Å². The van der Waals surface area contributed by atoms with Crippen molar-refractivity contribution in [1.82, 2.24) is 0 Å². The molecule has 2 N–H and O–H groups in total. The van der Waals surface area contributed by atoms with E-state index < -0.39 is 0 Å². The van der Waals surface area contributed by atoms with Crippen LogP contribution in [0.2, 0.25) is 0 Å². The summed E-state index contributed by atoms with van der Waals surface area (Å²) in [4.78, 5) is 12.7. The minimum atomic E-state index is 0.195. The molecule has 4 fully saturated rings. The molecule has 3 heteroatoms. The maximum absolute atomic E-state index is 12.7. The molecule has 4 saturated carbocycles. The van der Waals surface area contributed by atoms with E-state index in [-0.39, 0.29) is 5.91 Å². The quantitative estimate of drug-likeness (QED) is 0.689. The lowest BCUT2D eigenvalue weighted by Crippen LogP contribution is -2.47. The molecule has 2 aromatic carbocycles. The summed E-state index contributed by atoms with van der Waals surface area (Å²) in [6.07, 6.45) is 8.84. The number of benzene rings is 2. The highest BCUT2D eigenvalue weighted by Crippen LogP contribution is 2.61. The van der Waals surface area contributed by atoms with Crippen molar-refractivity contribution in [3.63, 3.8) is 0 Å². The zero-order valence-electron chi connectivity index (χ0n) is 15.8. The monoisotopic (exact) mass is 360 g/mol. The summed E-state index contributed by atoms with van der Waals surface area (Å²) in [6.45, 7) is 0. The van der Waals surface area contributed by atoms with E-state index in [9.17, 15) is 4.79 Å². The fraction of sp³-hybridized carbons (Fsp3) is 0.458. The van der Waals surface area contributed by atoms with Crippen LogP contribution in [0.25, 0.3) is 0 Å². The molecular weight excluding hydrogens is 332 g/mol. The number of nitrogens with one attached hydrogen (secondary N) is 2. The Hall–Kier alpha value is -2.29. The Morgan fingerprint density at radius 2 is 1.30 bits per heavy atom. The molecule has 3 nitrogen and oxygen atoms in total. The van der Waals surface area contributed by atoms with E-state index in [0.717, 1.165) is 34.8 Å². The second-order valence-electron chi connectivity index (χ2n) is 9.21. The number of hydrogen-bond acceptors (Lipinski definition) is 2. The van der Waals surface area contributed by atoms with E-state index in [0.29, 0.717) is 11.8 Å². The predicted octanol–water partition coefficient (Wildman–Crippen LogP) is 5.98. The van der Waals surface area contributed by atoms with Gasteiger partial charge in [0.1, 0.15) is 0 Å². The number of amides is 1. The van der Waals surface area contributed by atoms with Gasteiger partial charge in [-0.25, -0.2) is 0 Å². The van der Waals surface area contributed by atoms with Gasteiger partial charge in [0.25, 0.3) is 0 Å². The molecule has 27 heavy (non-hydrogen) atoms. The molecule has 0 aliphatic heterocycles. The highest BCUT2D eigenvalue weighted by atomic mass is 16.1. The van der Waals surface area contributed by atoms with E-state index in [1.807, 2.05) is 54.6 Å². The average molecular weight is 361 g/mol. The topological polar surface area (TPSA) is 41.1 Å². The molecule has 4 aliphatic carbocycles. The third-order valence-electron chi connectivity index (χ3n) is 6.93. The average Bonchev–Trinajstić information content (AvgIpc) is 2.62. The van der Waals surface area contributed by atoms with E-state index in [1.165, 1.54) is 38.5 Å². The molecule has 0 saturated heterocycles. The third kappa shape index (κ3) is 3.60. The van der Waals surface area contributed by atoms with Crippen molar-refractivity contribution >= 4 is 23.0 Å². The first-order valence-corrected chi connectivity index (χ1v) is 10.4. The molecule has 2 aromatic rings. The smallest absolute Gasteiger partial charge is 0.224 e. The first-order chi connectivity index (χ1) is 13.2. The molecule has 0 radical (unpaired) electrons. The molecule has 0 heterocycles. The van der Waals surface area contributed by atoms with Gasteiger partial charge in [-0.1, -0.05) is 18.2 Å². The molecule has 0 unspecified atom stereocenters. The number of carbonyl (C=O) groups is 1. The van der Waals surface area contributed by atoms with E-state index in [1.54, 1.807) is 0 Å². The maximum Gasteiger partial charge on any atom is 0.224 e. The van der Waals surface area contributed by atoms with Crippen LogP contribution in [0.1, 0.15) is 44.9 Å². The van der Waals surface area contributed by atoms with Gasteiger partial charge in [0.15, 0.2) is 0 Å². The molecule has 4 aliphatic rings. The van der Waals surface area contributed by atoms with Crippen LogP contribution in [0.5, 0.6) is 0 Å². The van der Waals surface area contributed by atoms with Crippen molar-refractivity contribution in [2.24, 2.45) is 23.2 Å². The fourth-order valence-corrected chi connectivity index (χ4v) is 6.38. The number of hydrogen-bond donors (Lipinski definition) is 2. The number of carbonyl (C=O) groups excluding carboxylic acids is 1. The number of para-hydroxylation sites is 1. The van der Waals surface area contributed by atoms with Crippen molar-refractivity contribution in [2.75, 3.05) is 10.6 Å². The second kappa shape index (κ2) is 6.70. The Kier molecular flexibility index (Phi) is 4.18. The Morgan fingerprint density at radius 1 is 0.778 bits per heavy atom. The van der Waals surface area contributed by atoms with Gasteiger partial charge in [0.05, 0.1) is 0 Å². The summed E-state index contributed by atoms with van der Waals surface area (Å²) in [6, 6.07) is 18.1. The fourth-order valence-electron chi connectivity index (χ4n) is 6.38. The van der Waals surface area contributed by atoms with E-state index >= 15 is 0 Å². The van der Waals surface area contributed by atoms with Crippen LogP contribution in [0.3, 0.4) is 0 Å². The van der Waals surface area contributed by atoms with Gasteiger partial charge in [0.2, 0.25) is 5.91 Å². The zero-order valence-corrected chi connectivity index (χ0v) is 15.8. The highest BCUT2D eigenvalue weighted by molar-refractivity contribution is 5.91. The van der Waals surface area contributed by atoms with Crippen LogP contribution in [-0.2, 0) is 4.79 Å². The first kappa shape index (κ1) is 16.9. The summed E-state index contributed by atoms with van der Waals surface area (Å²) in [5, 5.41) is 6.52. The molecule has 140 valence electrons. The van der Waals surface area contributed by atoms with Crippen LogP contribution in [0.15, 0.2) is 54.6 Å². The molecule has 0 spiro atoms. The van der Waals surface area contributed by atoms with Gasteiger partial charge in [-0.3, -0.25) is 4.79 Å². The van der Waals surface area contributed by atoms with Crippen molar-refractivity contribution in [3.05, 3.63) is 54.6 Å². The number of rotatable bonds is 5. The van der Waals surface area contributed by atoms with Crippen molar-refractivity contribution < 1.29 is 4.79 Å². The van der Waals surface area contributed by atoms with E-state index in [4.69, 9.17) is 0 Å². The number of anilines is 3. The molecule has 4 bridgehead atoms. The van der Waals surface area contributed by atoms with Crippen LogP contribution >= 0.6 is 0 Å². The summed E-state index contributed by atoms with van der Waals surface area (Å²) >= 11 is 0. The Bertz CT molecular complexity index is 777. The minimum absolute atomic E-state index is 0.195. The predicted molar refractivity (Wildman–Crippen MR) is 110 cm³/mol. The first-order valence-electron chi connectivity index (χ1n) is 10.4. The lowest BCUT2D eigenvalue weighted by atomic mass is 9.49. The van der Waals surface area contributed by atoms with Gasteiger partial charge >= 0.3 is 0 Å². The van der Waals surface area contributed by atoms with Crippen molar-refractivity contribution in [3.8, 4) is 0 Å². The van der Waals surface area contributed by atoms with Crippen LogP contribution in [-0.4, -0.2) is 5.91 Å². The van der Waals surface area contributed by atoms with Crippen LogP contribution < -0.4 is 10.6 Å². The normalized spacial score (nSPS) is 30.9. The molecule has 1 amide bonds. The molecule has 0 aromatic heterocycles. The van der Waals surface area contributed by atoms with Gasteiger partial charge < -0.3 is 10.6 Å². The largest absolute Gasteiger partial charge is 0.356 e. The minimum Gasteiger partial charge on any atom is -0.356 e. The van der Waals surface area contributed by atoms with Crippen molar-refractivity contribution in [1.29, 1.82) is 0 Å². The zero-order chi connectivity index (χ0) is 18.3. The van der Waals surface area contributed by atoms with Crippen LogP contribution in [0.4, 0.5) is 17.1 Å². The van der Waals surface area contributed by atoms with Crippen molar-refractivity contribution in [2.45, 2.75) is 44.9 Å². The van der Waals surface area contributed by atoms with E-state index in [2.05, 4.69) is 10.6 Å².